The van der Waals surface area contributed by atoms with E-state index in [1.807, 2.05) is 6.92 Å². The highest BCUT2D eigenvalue weighted by Crippen LogP contribution is 2.21. The summed E-state index contributed by atoms with van der Waals surface area (Å²) in [7, 11) is 0. The molecule has 94 valence electrons. The number of carbonyl (C=O) groups is 1. The van der Waals surface area contributed by atoms with E-state index in [1.165, 1.54) is 0 Å². The fraction of sp³-hybridized carbons (Fsp3) is 0.923. The van der Waals surface area contributed by atoms with Gasteiger partial charge in [0.25, 0.3) is 0 Å². The fourth-order valence-electron chi connectivity index (χ4n) is 2.38. The maximum atomic E-state index is 11.9. The van der Waals surface area contributed by atoms with E-state index < -0.39 is 0 Å². The molecule has 3 nitrogen and oxygen atoms in total. The van der Waals surface area contributed by atoms with Gasteiger partial charge in [-0.05, 0) is 26.2 Å². The third-order valence-corrected chi connectivity index (χ3v) is 3.32. The summed E-state index contributed by atoms with van der Waals surface area (Å²) < 4.78 is 0. The summed E-state index contributed by atoms with van der Waals surface area (Å²) >= 11 is 0. The SMILES string of the molecule is CCC(=O)N1CC(CC(C)C)NCC1(C)C. The van der Waals surface area contributed by atoms with Gasteiger partial charge in [0, 0.05) is 31.1 Å². The lowest BCUT2D eigenvalue weighted by atomic mass is 9.93. The lowest BCUT2D eigenvalue weighted by Gasteiger charge is -2.46. The van der Waals surface area contributed by atoms with Gasteiger partial charge in [-0.25, -0.2) is 0 Å². The zero-order chi connectivity index (χ0) is 12.3. The van der Waals surface area contributed by atoms with E-state index in [0.29, 0.717) is 18.4 Å². The summed E-state index contributed by atoms with van der Waals surface area (Å²) in [6, 6.07) is 0.462. The number of carbonyl (C=O) groups excluding carboxylic acids is 1. The van der Waals surface area contributed by atoms with Gasteiger partial charge in [0.1, 0.15) is 0 Å². The normalized spacial score (nSPS) is 24.9. The molecule has 0 saturated carbocycles. The second kappa shape index (κ2) is 5.17. The number of rotatable bonds is 3. The molecular weight excluding hydrogens is 200 g/mol. The Kier molecular flexibility index (Phi) is 4.36. The molecule has 1 atom stereocenters. The van der Waals surface area contributed by atoms with E-state index in [9.17, 15) is 4.79 Å². The Morgan fingerprint density at radius 3 is 2.62 bits per heavy atom. The summed E-state index contributed by atoms with van der Waals surface area (Å²) in [5, 5.41) is 3.56. The number of nitrogens with zero attached hydrogens (tertiary/aromatic N) is 1. The van der Waals surface area contributed by atoms with Gasteiger partial charge in [0.05, 0.1) is 0 Å². The van der Waals surface area contributed by atoms with Gasteiger partial charge in [0.2, 0.25) is 5.91 Å². The first-order valence-electron chi connectivity index (χ1n) is 6.40. The van der Waals surface area contributed by atoms with Crippen LogP contribution in [0.15, 0.2) is 0 Å². The van der Waals surface area contributed by atoms with Gasteiger partial charge in [0.15, 0.2) is 0 Å². The molecule has 0 radical (unpaired) electrons. The van der Waals surface area contributed by atoms with Gasteiger partial charge in [-0.2, -0.15) is 0 Å². The summed E-state index contributed by atoms with van der Waals surface area (Å²) in [5.74, 6) is 0.956. The van der Waals surface area contributed by atoms with Crippen LogP contribution in [0.3, 0.4) is 0 Å². The minimum atomic E-state index is -0.0411. The van der Waals surface area contributed by atoms with Crippen LogP contribution in [-0.2, 0) is 4.79 Å². The first-order valence-corrected chi connectivity index (χ1v) is 6.40. The van der Waals surface area contributed by atoms with Gasteiger partial charge < -0.3 is 10.2 Å². The molecule has 0 spiro atoms. The van der Waals surface area contributed by atoms with E-state index in [4.69, 9.17) is 0 Å². The number of piperazine rings is 1. The van der Waals surface area contributed by atoms with Crippen LogP contribution >= 0.6 is 0 Å². The monoisotopic (exact) mass is 226 g/mol. The van der Waals surface area contributed by atoms with E-state index >= 15 is 0 Å². The van der Waals surface area contributed by atoms with Crippen molar-refractivity contribution in [2.75, 3.05) is 13.1 Å². The van der Waals surface area contributed by atoms with E-state index in [-0.39, 0.29) is 11.4 Å². The van der Waals surface area contributed by atoms with Crippen LogP contribution in [0.1, 0.15) is 47.5 Å². The molecule has 3 heteroatoms. The zero-order valence-electron chi connectivity index (χ0n) is 11.3. The number of amides is 1. The minimum absolute atomic E-state index is 0.0411. The highest BCUT2D eigenvalue weighted by molar-refractivity contribution is 5.76. The maximum absolute atomic E-state index is 11.9. The highest BCUT2D eigenvalue weighted by atomic mass is 16.2. The predicted octanol–water partition coefficient (Wildman–Crippen LogP) is 2.02. The molecule has 0 aliphatic carbocycles. The van der Waals surface area contributed by atoms with E-state index in [0.717, 1.165) is 19.5 Å². The zero-order valence-corrected chi connectivity index (χ0v) is 11.3. The van der Waals surface area contributed by atoms with Gasteiger partial charge >= 0.3 is 0 Å². The second-order valence-electron chi connectivity index (χ2n) is 5.88. The molecule has 1 N–H and O–H groups in total. The van der Waals surface area contributed by atoms with Gasteiger partial charge in [-0.1, -0.05) is 20.8 Å². The van der Waals surface area contributed by atoms with E-state index in [1.54, 1.807) is 0 Å². The first-order chi connectivity index (χ1) is 7.36. The Hall–Kier alpha value is -0.570. The average molecular weight is 226 g/mol. The highest BCUT2D eigenvalue weighted by Gasteiger charge is 2.36. The third kappa shape index (κ3) is 3.21. The van der Waals surface area contributed by atoms with Crippen LogP contribution in [0.5, 0.6) is 0 Å². The van der Waals surface area contributed by atoms with Crippen LogP contribution in [-0.4, -0.2) is 35.5 Å². The van der Waals surface area contributed by atoms with Crippen molar-refractivity contribution >= 4 is 5.91 Å². The minimum Gasteiger partial charge on any atom is -0.335 e. The van der Waals surface area contributed by atoms with Crippen molar-refractivity contribution in [3.8, 4) is 0 Å². The van der Waals surface area contributed by atoms with Gasteiger partial charge in [-0.3, -0.25) is 4.79 Å². The Bertz CT molecular complexity index is 248. The Labute approximate surface area is 99.6 Å². The van der Waals surface area contributed by atoms with Crippen LogP contribution in [0.4, 0.5) is 0 Å². The molecule has 1 saturated heterocycles. The molecule has 1 amide bonds. The summed E-state index contributed by atoms with van der Waals surface area (Å²) in [6.45, 7) is 12.4. The molecule has 16 heavy (non-hydrogen) atoms. The fourth-order valence-corrected chi connectivity index (χ4v) is 2.38. The van der Waals surface area contributed by atoms with Crippen molar-refractivity contribution in [3.05, 3.63) is 0 Å². The van der Waals surface area contributed by atoms with Gasteiger partial charge in [-0.15, -0.1) is 0 Å². The van der Waals surface area contributed by atoms with Crippen LogP contribution in [0.25, 0.3) is 0 Å². The lowest BCUT2D eigenvalue weighted by Crippen LogP contribution is -2.63. The standard InChI is InChI=1S/C13H26N2O/c1-6-12(16)15-8-11(7-10(2)3)14-9-13(15,4)5/h10-11,14H,6-9H2,1-5H3. The molecule has 1 aliphatic rings. The molecule has 0 aromatic rings. The quantitative estimate of drug-likeness (QED) is 0.798. The summed E-state index contributed by atoms with van der Waals surface area (Å²) in [6.07, 6.45) is 1.75. The van der Waals surface area contributed by atoms with Crippen molar-refractivity contribution in [3.63, 3.8) is 0 Å². The second-order valence-corrected chi connectivity index (χ2v) is 5.88. The number of nitrogens with one attached hydrogen (secondary N) is 1. The van der Waals surface area contributed by atoms with Crippen molar-refractivity contribution in [1.29, 1.82) is 0 Å². The smallest absolute Gasteiger partial charge is 0.222 e. The molecule has 1 aliphatic heterocycles. The first kappa shape index (κ1) is 13.5. The molecule has 1 heterocycles. The molecule has 0 aromatic heterocycles. The molecular formula is C13H26N2O. The average Bonchev–Trinajstić information content (AvgIpc) is 2.19. The molecule has 0 bridgehead atoms. The number of hydrogen-bond acceptors (Lipinski definition) is 2. The van der Waals surface area contributed by atoms with E-state index in [2.05, 4.69) is 37.9 Å². The summed E-state index contributed by atoms with van der Waals surface area (Å²) in [4.78, 5) is 14.0. The van der Waals surface area contributed by atoms with Crippen molar-refractivity contribution < 1.29 is 4.79 Å². The third-order valence-electron chi connectivity index (χ3n) is 3.32. The maximum Gasteiger partial charge on any atom is 0.222 e. The van der Waals surface area contributed by atoms with Crippen LogP contribution in [0.2, 0.25) is 0 Å². The topological polar surface area (TPSA) is 32.3 Å². The Morgan fingerprint density at radius 2 is 2.12 bits per heavy atom. The largest absolute Gasteiger partial charge is 0.335 e. The molecule has 0 aromatic carbocycles. The summed E-state index contributed by atoms with van der Waals surface area (Å²) in [5.41, 5.74) is -0.0411. The van der Waals surface area contributed by atoms with Crippen LogP contribution in [0, 0.1) is 5.92 Å². The van der Waals surface area contributed by atoms with Crippen molar-refractivity contribution in [2.45, 2.75) is 59.0 Å². The van der Waals surface area contributed by atoms with Crippen molar-refractivity contribution in [1.82, 2.24) is 10.2 Å². The Morgan fingerprint density at radius 1 is 1.50 bits per heavy atom. The van der Waals surface area contributed by atoms with Crippen LogP contribution < -0.4 is 5.32 Å². The van der Waals surface area contributed by atoms with Crippen molar-refractivity contribution in [2.24, 2.45) is 5.92 Å². The molecule has 1 fully saturated rings. The molecule has 1 unspecified atom stereocenters. The predicted molar refractivity (Wildman–Crippen MR) is 67.3 cm³/mol. The lowest BCUT2D eigenvalue weighted by molar-refractivity contribution is -0.138. The number of hydrogen-bond donors (Lipinski definition) is 1. The Balaban J connectivity index is 2.66. The molecule has 1 rings (SSSR count).